The van der Waals surface area contributed by atoms with E-state index < -0.39 is 0 Å². The molecule has 0 N–H and O–H groups in total. The van der Waals surface area contributed by atoms with Gasteiger partial charge in [-0.2, -0.15) is 9.61 Å². The highest BCUT2D eigenvalue weighted by Crippen LogP contribution is 2.19. The molecule has 0 radical (unpaired) electrons. The molecule has 13 heavy (non-hydrogen) atoms. The van der Waals surface area contributed by atoms with Gasteiger partial charge in [0, 0.05) is 11.6 Å². The van der Waals surface area contributed by atoms with Crippen LogP contribution in [0.2, 0.25) is 0 Å². The first-order valence-corrected chi connectivity index (χ1v) is 4.24. The van der Waals surface area contributed by atoms with Gasteiger partial charge in [0.15, 0.2) is 5.65 Å². The Morgan fingerprint density at radius 3 is 2.62 bits per heavy atom. The summed E-state index contributed by atoms with van der Waals surface area (Å²) in [5.41, 5.74) is 0.801. The van der Waals surface area contributed by atoms with Gasteiger partial charge < -0.3 is 0 Å². The Morgan fingerprint density at radius 1 is 1.15 bits per heavy atom. The summed E-state index contributed by atoms with van der Waals surface area (Å²) in [6.07, 6.45) is 5.08. The maximum absolute atomic E-state index is 4.30. The van der Waals surface area contributed by atoms with Crippen LogP contribution in [0.1, 0.15) is 26.6 Å². The van der Waals surface area contributed by atoms with E-state index in [1.54, 1.807) is 23.1 Å². The first kappa shape index (κ1) is 8.16. The molecule has 0 aliphatic heterocycles. The molecule has 68 valence electrons. The van der Waals surface area contributed by atoms with Crippen molar-refractivity contribution in [3.05, 3.63) is 24.4 Å². The van der Waals surface area contributed by atoms with E-state index in [0.717, 1.165) is 11.5 Å². The number of nitrogens with zero attached hydrogens (tertiary/aromatic N) is 4. The van der Waals surface area contributed by atoms with Gasteiger partial charge in [-0.05, 0) is 0 Å². The zero-order valence-corrected chi connectivity index (χ0v) is 8.02. The van der Waals surface area contributed by atoms with E-state index in [0.29, 0.717) is 0 Å². The van der Waals surface area contributed by atoms with Gasteiger partial charge in [0.1, 0.15) is 5.82 Å². The highest BCUT2D eigenvalue weighted by Gasteiger charge is 2.20. The van der Waals surface area contributed by atoms with E-state index in [4.69, 9.17) is 0 Å². The first-order chi connectivity index (χ1) is 6.09. The lowest BCUT2D eigenvalue weighted by molar-refractivity contribution is 0.529. The lowest BCUT2D eigenvalue weighted by Gasteiger charge is -2.15. The fraction of sp³-hybridized carbons (Fsp3) is 0.444. The van der Waals surface area contributed by atoms with Gasteiger partial charge in [-0.3, -0.25) is 0 Å². The third-order valence-corrected chi connectivity index (χ3v) is 1.85. The molecule has 4 nitrogen and oxygen atoms in total. The Balaban J connectivity index is 2.72. The molecule has 0 unspecified atom stereocenters. The van der Waals surface area contributed by atoms with Crippen molar-refractivity contribution in [3.8, 4) is 0 Å². The van der Waals surface area contributed by atoms with Crippen LogP contribution in [0, 0.1) is 0 Å². The van der Waals surface area contributed by atoms with Gasteiger partial charge in [0.05, 0.1) is 12.4 Å². The zero-order valence-electron chi connectivity index (χ0n) is 8.02. The number of aromatic nitrogens is 4. The number of hydrogen-bond donors (Lipinski definition) is 0. The van der Waals surface area contributed by atoms with Gasteiger partial charge in [-0.15, -0.1) is 0 Å². The number of hydrogen-bond acceptors (Lipinski definition) is 3. The zero-order chi connectivity index (χ0) is 9.47. The molecule has 0 aliphatic rings. The summed E-state index contributed by atoms with van der Waals surface area (Å²) in [6.45, 7) is 6.32. The van der Waals surface area contributed by atoms with Gasteiger partial charge >= 0.3 is 0 Å². The molecule has 2 rings (SSSR count). The highest BCUT2D eigenvalue weighted by atomic mass is 15.3. The molecule has 2 aromatic heterocycles. The van der Waals surface area contributed by atoms with E-state index >= 15 is 0 Å². The minimum absolute atomic E-state index is 0.00243. The predicted octanol–water partition coefficient (Wildman–Crippen LogP) is 1.42. The second-order valence-electron chi connectivity index (χ2n) is 4.04. The Bertz CT molecular complexity index is 424. The summed E-state index contributed by atoms with van der Waals surface area (Å²) < 4.78 is 1.78. The quantitative estimate of drug-likeness (QED) is 0.609. The topological polar surface area (TPSA) is 43.1 Å². The second kappa shape index (κ2) is 2.52. The largest absolute Gasteiger partial charge is 0.237 e. The molecular formula is C9H12N4. The Labute approximate surface area is 76.6 Å². The molecule has 0 fully saturated rings. The fourth-order valence-electron chi connectivity index (χ4n) is 1.26. The molecule has 0 atom stereocenters. The summed E-state index contributed by atoms with van der Waals surface area (Å²) in [5.74, 6) is 0.940. The third kappa shape index (κ3) is 1.28. The molecule has 0 saturated carbocycles. The van der Waals surface area contributed by atoms with Crippen LogP contribution in [0.3, 0.4) is 0 Å². The van der Waals surface area contributed by atoms with Crippen LogP contribution in [0.15, 0.2) is 18.6 Å². The fourth-order valence-corrected chi connectivity index (χ4v) is 1.26. The van der Waals surface area contributed by atoms with Crippen LogP contribution in [-0.2, 0) is 5.41 Å². The summed E-state index contributed by atoms with van der Waals surface area (Å²) in [4.78, 5) is 8.46. The normalized spacial score (nSPS) is 12.2. The van der Waals surface area contributed by atoms with Gasteiger partial charge in [0.25, 0.3) is 0 Å². The molecule has 0 aliphatic carbocycles. The minimum atomic E-state index is 0.00243. The van der Waals surface area contributed by atoms with Gasteiger partial charge in [-0.25, -0.2) is 9.97 Å². The lowest BCUT2D eigenvalue weighted by Crippen LogP contribution is -2.17. The van der Waals surface area contributed by atoms with E-state index in [1.807, 2.05) is 0 Å². The number of fused-ring (bicyclic) bond motifs is 1. The maximum Gasteiger partial charge on any atom is 0.174 e. The first-order valence-electron chi connectivity index (χ1n) is 4.24. The van der Waals surface area contributed by atoms with Crippen molar-refractivity contribution in [2.24, 2.45) is 0 Å². The van der Waals surface area contributed by atoms with Crippen molar-refractivity contribution >= 4 is 5.65 Å². The van der Waals surface area contributed by atoms with Gasteiger partial charge in [-0.1, -0.05) is 20.8 Å². The predicted molar refractivity (Wildman–Crippen MR) is 49.5 cm³/mol. The van der Waals surface area contributed by atoms with E-state index in [2.05, 4.69) is 35.8 Å². The Hall–Kier alpha value is -1.45. The van der Waals surface area contributed by atoms with Crippen molar-refractivity contribution in [3.63, 3.8) is 0 Å². The van der Waals surface area contributed by atoms with Crippen molar-refractivity contribution in [1.82, 2.24) is 19.6 Å². The number of rotatable bonds is 0. The maximum atomic E-state index is 4.30. The monoisotopic (exact) mass is 176 g/mol. The lowest BCUT2D eigenvalue weighted by atomic mass is 9.96. The average Bonchev–Trinajstić information content (AvgIpc) is 2.45. The summed E-state index contributed by atoms with van der Waals surface area (Å²) >= 11 is 0. The smallest absolute Gasteiger partial charge is 0.174 e. The highest BCUT2D eigenvalue weighted by molar-refractivity contribution is 5.35. The van der Waals surface area contributed by atoms with Crippen LogP contribution in [-0.4, -0.2) is 19.6 Å². The van der Waals surface area contributed by atoms with Crippen molar-refractivity contribution < 1.29 is 0 Å². The van der Waals surface area contributed by atoms with Crippen LogP contribution >= 0.6 is 0 Å². The summed E-state index contributed by atoms with van der Waals surface area (Å²) in [7, 11) is 0. The SMILES string of the molecule is CC(C)(C)c1ncc2nccnn12. The Kier molecular flexibility index (Phi) is 1.58. The molecule has 0 saturated heterocycles. The van der Waals surface area contributed by atoms with Crippen LogP contribution in [0.5, 0.6) is 0 Å². The summed E-state index contributed by atoms with van der Waals surface area (Å²) in [6, 6.07) is 0. The van der Waals surface area contributed by atoms with Crippen molar-refractivity contribution in [1.29, 1.82) is 0 Å². The van der Waals surface area contributed by atoms with Crippen LogP contribution in [0.4, 0.5) is 0 Å². The standard InChI is InChI=1S/C9H12N4/c1-9(2,3)8-11-6-7-10-4-5-12-13(7)8/h4-6H,1-3H3. The van der Waals surface area contributed by atoms with Crippen LogP contribution in [0.25, 0.3) is 5.65 Å². The molecule has 2 aromatic rings. The molecule has 4 heteroatoms. The Morgan fingerprint density at radius 2 is 1.92 bits per heavy atom. The number of imidazole rings is 1. The molecule has 0 bridgehead atoms. The van der Waals surface area contributed by atoms with Crippen LogP contribution < -0.4 is 0 Å². The molecule has 0 amide bonds. The molecule has 0 spiro atoms. The molecule has 2 heterocycles. The van der Waals surface area contributed by atoms with Crippen molar-refractivity contribution in [2.45, 2.75) is 26.2 Å². The molecule has 0 aromatic carbocycles. The minimum Gasteiger partial charge on any atom is -0.237 e. The van der Waals surface area contributed by atoms with Gasteiger partial charge in [0.2, 0.25) is 0 Å². The van der Waals surface area contributed by atoms with Crippen molar-refractivity contribution in [2.75, 3.05) is 0 Å². The average molecular weight is 176 g/mol. The van der Waals surface area contributed by atoms with E-state index in [-0.39, 0.29) is 5.41 Å². The summed E-state index contributed by atoms with van der Waals surface area (Å²) in [5, 5.41) is 4.20. The molecular weight excluding hydrogens is 164 g/mol. The van der Waals surface area contributed by atoms with E-state index in [1.165, 1.54) is 0 Å². The third-order valence-electron chi connectivity index (χ3n) is 1.85. The van der Waals surface area contributed by atoms with E-state index in [9.17, 15) is 0 Å². The second-order valence-corrected chi connectivity index (χ2v) is 4.04.